The van der Waals surface area contributed by atoms with Crippen LogP contribution in [0.4, 0.5) is 31.5 Å². The Morgan fingerprint density at radius 2 is 1.38 bits per heavy atom. The van der Waals surface area contributed by atoms with E-state index in [1.165, 1.54) is 6.07 Å². The average Bonchev–Trinajstić information content (AvgIpc) is 2.76. The first-order valence-electron chi connectivity index (χ1n) is 8.91. The fraction of sp³-hybridized carbons (Fsp3) is 0. The van der Waals surface area contributed by atoms with Gasteiger partial charge in [-0.3, -0.25) is 4.98 Å². The van der Waals surface area contributed by atoms with Crippen LogP contribution >= 0.6 is 0 Å². The Morgan fingerprint density at radius 1 is 0.759 bits per heavy atom. The summed E-state index contributed by atoms with van der Waals surface area (Å²) in [5.74, 6) is -1.79. The summed E-state index contributed by atoms with van der Waals surface area (Å²) >= 11 is 0. The molecular weight excluding hydrogens is 368 g/mol. The van der Waals surface area contributed by atoms with Crippen molar-refractivity contribution in [3.05, 3.63) is 114 Å². The molecule has 0 saturated heterocycles. The van der Waals surface area contributed by atoms with Crippen LogP contribution in [0.15, 0.2) is 91.1 Å². The molecule has 3 nitrogen and oxygen atoms in total. The predicted octanol–water partition coefficient (Wildman–Crippen LogP) is 7.05. The predicted molar refractivity (Wildman–Crippen MR) is 111 cm³/mol. The zero-order valence-corrected chi connectivity index (χ0v) is 15.3. The van der Waals surface area contributed by atoms with Crippen LogP contribution in [0.3, 0.4) is 0 Å². The van der Waals surface area contributed by atoms with Gasteiger partial charge in [0.15, 0.2) is 0 Å². The first-order valence-corrected chi connectivity index (χ1v) is 8.91. The molecule has 0 fully saturated rings. The Bertz CT molecular complexity index is 1150. The molecule has 0 N–H and O–H groups in total. The van der Waals surface area contributed by atoms with Crippen molar-refractivity contribution in [1.29, 1.82) is 0 Å². The van der Waals surface area contributed by atoms with E-state index in [1.54, 1.807) is 12.3 Å². The summed E-state index contributed by atoms with van der Waals surface area (Å²) in [4.78, 5) is 9.24. The van der Waals surface area contributed by atoms with Gasteiger partial charge >= 0.3 is 0 Å². The van der Waals surface area contributed by atoms with Crippen LogP contribution in [0.5, 0.6) is 0 Å². The van der Waals surface area contributed by atoms with Gasteiger partial charge in [0.2, 0.25) is 0 Å². The van der Waals surface area contributed by atoms with Gasteiger partial charge in [0.25, 0.3) is 5.69 Å². The minimum atomic E-state index is -0.907. The van der Waals surface area contributed by atoms with Crippen LogP contribution in [0, 0.1) is 18.2 Å². The van der Waals surface area contributed by atoms with Gasteiger partial charge in [-0.2, -0.15) is 0 Å². The molecule has 0 radical (unpaired) electrons. The molecule has 0 aliphatic heterocycles. The fourth-order valence-corrected chi connectivity index (χ4v) is 3.15. The Labute approximate surface area is 167 Å². The highest BCUT2D eigenvalue weighted by Gasteiger charge is 2.18. The molecule has 0 unspecified atom stereocenters. The molecule has 5 heteroatoms. The molecule has 0 bridgehead atoms. The Kier molecular flexibility index (Phi) is 5.00. The molecular formula is C24H15F2N3. The number of hydrogen-bond donors (Lipinski definition) is 0. The van der Waals surface area contributed by atoms with Crippen LogP contribution < -0.4 is 4.90 Å². The third-order valence-electron chi connectivity index (χ3n) is 4.49. The van der Waals surface area contributed by atoms with Gasteiger partial charge in [0.1, 0.15) is 11.6 Å². The summed E-state index contributed by atoms with van der Waals surface area (Å²) in [6.07, 6.45) is 1.57. The van der Waals surface area contributed by atoms with Gasteiger partial charge in [0, 0.05) is 28.8 Å². The lowest BCUT2D eigenvalue weighted by Crippen LogP contribution is -2.10. The number of anilines is 3. The SMILES string of the molecule is [C-]#[N+]c1c(F)ccc(-c2cc(N(c3ccccc3)c3ccccc3)ccn2)c1F. The molecule has 0 saturated carbocycles. The maximum absolute atomic E-state index is 14.7. The normalized spacial score (nSPS) is 10.4. The Morgan fingerprint density at radius 3 is 1.97 bits per heavy atom. The van der Waals surface area contributed by atoms with E-state index in [-0.39, 0.29) is 5.56 Å². The molecule has 1 heterocycles. The minimum absolute atomic E-state index is 0.0836. The lowest BCUT2D eigenvalue weighted by Gasteiger charge is -2.25. The van der Waals surface area contributed by atoms with Gasteiger partial charge in [-0.1, -0.05) is 36.4 Å². The second kappa shape index (κ2) is 7.91. The maximum Gasteiger partial charge on any atom is 0.257 e. The van der Waals surface area contributed by atoms with Crippen molar-refractivity contribution in [1.82, 2.24) is 4.98 Å². The van der Waals surface area contributed by atoms with Gasteiger partial charge in [-0.25, -0.2) is 13.6 Å². The standard InChI is InChI=1S/C24H15F2N3/c1-27-24-21(25)13-12-20(23(24)26)22-16-19(14-15-28-22)29(17-8-4-2-5-9-17)18-10-6-3-7-11-18/h2-16H. The summed E-state index contributed by atoms with van der Waals surface area (Å²) in [6, 6.07) is 25.5. The molecule has 3 aromatic carbocycles. The first kappa shape index (κ1) is 18.3. The molecule has 0 aliphatic carbocycles. The largest absolute Gasteiger partial charge is 0.310 e. The molecule has 140 valence electrons. The summed E-state index contributed by atoms with van der Waals surface area (Å²) in [7, 11) is 0. The van der Waals surface area contributed by atoms with Crippen molar-refractivity contribution in [2.24, 2.45) is 0 Å². The first-order chi connectivity index (χ1) is 14.2. The third-order valence-corrected chi connectivity index (χ3v) is 4.49. The van der Waals surface area contributed by atoms with Crippen LogP contribution in [0.1, 0.15) is 0 Å². The van der Waals surface area contributed by atoms with Crippen molar-refractivity contribution in [3.63, 3.8) is 0 Å². The van der Waals surface area contributed by atoms with Crippen LogP contribution in [0.25, 0.3) is 16.1 Å². The van der Waals surface area contributed by atoms with Gasteiger partial charge in [0.05, 0.1) is 12.3 Å². The third kappa shape index (κ3) is 3.56. The summed E-state index contributed by atoms with van der Waals surface area (Å²) in [6.45, 7) is 7.04. The van der Waals surface area contributed by atoms with E-state index in [0.29, 0.717) is 5.69 Å². The second-order valence-corrected chi connectivity index (χ2v) is 6.28. The van der Waals surface area contributed by atoms with E-state index >= 15 is 0 Å². The molecule has 1 aromatic heterocycles. The zero-order valence-electron chi connectivity index (χ0n) is 15.3. The van der Waals surface area contributed by atoms with E-state index in [0.717, 1.165) is 23.1 Å². The number of halogens is 2. The van der Waals surface area contributed by atoms with Crippen molar-refractivity contribution in [2.45, 2.75) is 0 Å². The van der Waals surface area contributed by atoms with Crippen molar-refractivity contribution in [3.8, 4) is 11.3 Å². The van der Waals surface area contributed by atoms with E-state index in [9.17, 15) is 8.78 Å². The number of nitrogens with zero attached hydrogens (tertiary/aromatic N) is 3. The van der Waals surface area contributed by atoms with Gasteiger partial charge < -0.3 is 4.90 Å². The van der Waals surface area contributed by atoms with Crippen LogP contribution in [0.2, 0.25) is 0 Å². The minimum Gasteiger partial charge on any atom is -0.310 e. The second-order valence-electron chi connectivity index (χ2n) is 6.28. The highest BCUT2D eigenvalue weighted by Crippen LogP contribution is 2.37. The molecule has 4 aromatic rings. The van der Waals surface area contributed by atoms with Crippen LogP contribution in [-0.4, -0.2) is 4.98 Å². The average molecular weight is 383 g/mol. The monoisotopic (exact) mass is 383 g/mol. The van der Waals surface area contributed by atoms with E-state index in [4.69, 9.17) is 6.57 Å². The van der Waals surface area contributed by atoms with Gasteiger partial charge in [-0.05, 0) is 48.5 Å². The molecule has 0 amide bonds. The quantitative estimate of drug-likeness (QED) is 0.352. The summed E-state index contributed by atoms with van der Waals surface area (Å²) < 4.78 is 28.4. The van der Waals surface area contributed by atoms with Crippen molar-refractivity contribution >= 4 is 22.7 Å². The summed E-state index contributed by atoms with van der Waals surface area (Å²) in [5.41, 5.74) is 2.40. The number of pyridine rings is 1. The van der Waals surface area contributed by atoms with E-state index in [1.807, 2.05) is 71.6 Å². The van der Waals surface area contributed by atoms with Crippen molar-refractivity contribution < 1.29 is 8.78 Å². The molecule has 4 rings (SSSR count). The van der Waals surface area contributed by atoms with E-state index < -0.39 is 17.3 Å². The lowest BCUT2D eigenvalue weighted by atomic mass is 10.1. The zero-order chi connectivity index (χ0) is 20.2. The number of benzene rings is 3. The Balaban J connectivity index is 1.87. The topological polar surface area (TPSA) is 20.5 Å². The number of rotatable bonds is 4. The highest BCUT2D eigenvalue weighted by molar-refractivity contribution is 5.79. The molecule has 0 aliphatic rings. The maximum atomic E-state index is 14.7. The Hall–Kier alpha value is -4.04. The van der Waals surface area contributed by atoms with Crippen molar-refractivity contribution in [2.75, 3.05) is 4.90 Å². The summed E-state index contributed by atoms with van der Waals surface area (Å²) in [5, 5.41) is 0. The van der Waals surface area contributed by atoms with Gasteiger partial charge in [-0.15, -0.1) is 0 Å². The van der Waals surface area contributed by atoms with Crippen LogP contribution in [-0.2, 0) is 0 Å². The number of hydrogen-bond acceptors (Lipinski definition) is 2. The lowest BCUT2D eigenvalue weighted by molar-refractivity contribution is 0.595. The molecule has 0 spiro atoms. The molecule has 29 heavy (non-hydrogen) atoms. The smallest absolute Gasteiger partial charge is 0.257 e. The highest BCUT2D eigenvalue weighted by atomic mass is 19.1. The molecule has 0 atom stereocenters. The van der Waals surface area contributed by atoms with E-state index in [2.05, 4.69) is 9.83 Å². The fourth-order valence-electron chi connectivity index (χ4n) is 3.15. The number of para-hydroxylation sites is 2. The number of aromatic nitrogens is 1.